The number of allylic oxidation sites excluding steroid dienone is 2. The molecule has 0 bridgehead atoms. The Morgan fingerprint density at radius 2 is 1.89 bits per heavy atom. The van der Waals surface area contributed by atoms with Crippen molar-refractivity contribution in [3.05, 3.63) is 24.3 Å². The third-order valence-electron chi connectivity index (χ3n) is 8.29. The van der Waals surface area contributed by atoms with Gasteiger partial charge in [-0.2, -0.15) is 0 Å². The van der Waals surface area contributed by atoms with Crippen LogP contribution < -0.4 is 0 Å². The molecule has 3 rings (SSSR count). The minimum Gasteiger partial charge on any atom is -0.393 e. The van der Waals surface area contributed by atoms with Crippen molar-refractivity contribution >= 4 is 0 Å². The number of aliphatic hydroxyl groups excluding tert-OH is 1. The van der Waals surface area contributed by atoms with Crippen LogP contribution in [-0.2, 0) is 0 Å². The van der Waals surface area contributed by atoms with Crippen LogP contribution in [-0.4, -0.2) is 11.2 Å². The maximum Gasteiger partial charge on any atom is 0.0574 e. The second-order valence-corrected chi connectivity index (χ2v) is 10.4. The van der Waals surface area contributed by atoms with E-state index in [4.69, 9.17) is 0 Å². The molecule has 7 unspecified atom stereocenters. The molecular weight excluding hydrogens is 328 g/mol. The summed E-state index contributed by atoms with van der Waals surface area (Å²) in [4.78, 5) is 0. The van der Waals surface area contributed by atoms with Crippen molar-refractivity contribution < 1.29 is 5.11 Å². The van der Waals surface area contributed by atoms with Gasteiger partial charge in [-0.1, -0.05) is 51.0 Å². The van der Waals surface area contributed by atoms with Crippen molar-refractivity contribution in [2.45, 2.75) is 97.5 Å². The molecule has 0 heterocycles. The summed E-state index contributed by atoms with van der Waals surface area (Å²) in [6, 6.07) is 0. The van der Waals surface area contributed by atoms with Gasteiger partial charge in [-0.3, -0.25) is 0 Å². The third kappa shape index (κ3) is 5.72. The van der Waals surface area contributed by atoms with Gasteiger partial charge in [0.15, 0.2) is 0 Å². The molecule has 27 heavy (non-hydrogen) atoms. The molecule has 2 fully saturated rings. The van der Waals surface area contributed by atoms with E-state index < -0.39 is 0 Å². The molecule has 0 amide bonds. The van der Waals surface area contributed by atoms with Crippen LogP contribution in [0, 0.1) is 41.4 Å². The standard InChI is InChI=1S/C26H44O/c1-5-23-16-22(17-26-15-18(2)14-19(26)3)9-13-25(23)12-8-21-6-10-24(11-7-21)20(4)27/h6,10,18,20-27H,3,5,7-9,11-17H2,1-2,4H3/t18-,20?,21?,22?,23?,24?,25?,26?/m0/s1. The minimum absolute atomic E-state index is 0.180. The van der Waals surface area contributed by atoms with Crippen LogP contribution in [0.3, 0.4) is 0 Å². The number of rotatable bonds is 7. The molecule has 0 aromatic carbocycles. The van der Waals surface area contributed by atoms with Crippen LogP contribution in [0.2, 0.25) is 0 Å². The first-order chi connectivity index (χ1) is 13.0. The Kier molecular flexibility index (Phi) is 7.65. The predicted molar refractivity (Wildman–Crippen MR) is 117 cm³/mol. The van der Waals surface area contributed by atoms with E-state index in [-0.39, 0.29) is 6.10 Å². The highest BCUT2D eigenvalue weighted by atomic mass is 16.3. The van der Waals surface area contributed by atoms with Gasteiger partial charge in [0.2, 0.25) is 0 Å². The van der Waals surface area contributed by atoms with E-state index in [0.29, 0.717) is 5.92 Å². The molecule has 3 aliphatic rings. The second kappa shape index (κ2) is 9.77. The summed E-state index contributed by atoms with van der Waals surface area (Å²) in [5.41, 5.74) is 1.55. The first-order valence-electron chi connectivity index (χ1n) is 12.0. The van der Waals surface area contributed by atoms with E-state index in [9.17, 15) is 5.11 Å². The molecule has 1 N–H and O–H groups in total. The van der Waals surface area contributed by atoms with Gasteiger partial charge in [0.25, 0.3) is 0 Å². The summed E-state index contributed by atoms with van der Waals surface area (Å²) >= 11 is 0. The maximum atomic E-state index is 9.76. The highest BCUT2D eigenvalue weighted by molar-refractivity contribution is 5.08. The normalized spacial score (nSPS) is 41.0. The molecule has 154 valence electrons. The fourth-order valence-electron chi connectivity index (χ4n) is 6.50. The number of aliphatic hydroxyl groups is 1. The van der Waals surface area contributed by atoms with Gasteiger partial charge in [0, 0.05) is 5.92 Å². The summed E-state index contributed by atoms with van der Waals surface area (Å²) in [6.45, 7) is 11.1. The number of hydrogen-bond acceptors (Lipinski definition) is 1. The molecule has 0 aromatic heterocycles. The fraction of sp³-hybridized carbons (Fsp3) is 0.846. The summed E-state index contributed by atoms with van der Waals surface area (Å²) in [5, 5.41) is 9.76. The van der Waals surface area contributed by atoms with Crippen molar-refractivity contribution in [2.75, 3.05) is 0 Å². The zero-order valence-electron chi connectivity index (χ0n) is 18.2. The highest BCUT2D eigenvalue weighted by Gasteiger charge is 2.33. The summed E-state index contributed by atoms with van der Waals surface area (Å²) in [7, 11) is 0. The van der Waals surface area contributed by atoms with Crippen LogP contribution in [0.25, 0.3) is 0 Å². The Hall–Kier alpha value is -0.560. The lowest BCUT2D eigenvalue weighted by atomic mass is 9.68. The average molecular weight is 373 g/mol. The monoisotopic (exact) mass is 372 g/mol. The Labute approximate surface area is 168 Å². The molecule has 0 aromatic rings. The average Bonchev–Trinajstić information content (AvgIpc) is 2.97. The summed E-state index contributed by atoms with van der Waals surface area (Å²) < 4.78 is 0. The lowest BCUT2D eigenvalue weighted by Crippen LogP contribution is -2.26. The van der Waals surface area contributed by atoms with Gasteiger partial charge in [0.05, 0.1) is 6.10 Å². The van der Waals surface area contributed by atoms with Gasteiger partial charge >= 0.3 is 0 Å². The molecule has 0 radical (unpaired) electrons. The smallest absolute Gasteiger partial charge is 0.0574 e. The van der Waals surface area contributed by atoms with E-state index in [0.717, 1.165) is 35.5 Å². The molecular formula is C26H44O. The number of hydrogen-bond donors (Lipinski definition) is 1. The molecule has 0 saturated heterocycles. The lowest BCUT2D eigenvalue weighted by Gasteiger charge is -2.38. The molecule has 0 aliphatic heterocycles. The van der Waals surface area contributed by atoms with Crippen molar-refractivity contribution in [2.24, 2.45) is 41.4 Å². The minimum atomic E-state index is -0.180. The van der Waals surface area contributed by atoms with Gasteiger partial charge in [-0.25, -0.2) is 0 Å². The Morgan fingerprint density at radius 1 is 1.07 bits per heavy atom. The topological polar surface area (TPSA) is 20.2 Å². The maximum absolute atomic E-state index is 9.76. The largest absolute Gasteiger partial charge is 0.393 e. The summed E-state index contributed by atoms with van der Waals surface area (Å²) in [6.07, 6.45) is 19.7. The van der Waals surface area contributed by atoms with Gasteiger partial charge in [0.1, 0.15) is 0 Å². The van der Waals surface area contributed by atoms with Gasteiger partial charge in [-0.15, -0.1) is 0 Å². The lowest BCUT2D eigenvalue weighted by molar-refractivity contribution is 0.131. The molecule has 3 aliphatic carbocycles. The zero-order valence-corrected chi connectivity index (χ0v) is 18.2. The second-order valence-electron chi connectivity index (χ2n) is 10.4. The highest BCUT2D eigenvalue weighted by Crippen LogP contribution is 2.45. The molecule has 8 atom stereocenters. The van der Waals surface area contributed by atoms with Gasteiger partial charge in [-0.05, 0) is 100 Å². The van der Waals surface area contributed by atoms with Gasteiger partial charge < -0.3 is 5.11 Å². The Morgan fingerprint density at radius 3 is 2.48 bits per heavy atom. The van der Waals surface area contributed by atoms with Crippen molar-refractivity contribution in [1.29, 1.82) is 0 Å². The van der Waals surface area contributed by atoms with Crippen molar-refractivity contribution in [3.63, 3.8) is 0 Å². The predicted octanol–water partition coefficient (Wildman–Crippen LogP) is 7.16. The Bertz CT molecular complexity index is 504. The quantitative estimate of drug-likeness (QED) is 0.470. The molecule has 1 nitrogen and oxygen atoms in total. The van der Waals surface area contributed by atoms with Crippen LogP contribution >= 0.6 is 0 Å². The fourth-order valence-corrected chi connectivity index (χ4v) is 6.50. The van der Waals surface area contributed by atoms with Crippen LogP contribution in [0.15, 0.2) is 24.3 Å². The first-order valence-corrected chi connectivity index (χ1v) is 12.0. The van der Waals surface area contributed by atoms with E-state index >= 15 is 0 Å². The van der Waals surface area contributed by atoms with E-state index in [1.807, 2.05) is 6.92 Å². The summed E-state index contributed by atoms with van der Waals surface area (Å²) in [5.74, 6) is 5.73. The van der Waals surface area contributed by atoms with Crippen molar-refractivity contribution in [3.8, 4) is 0 Å². The van der Waals surface area contributed by atoms with E-state index in [2.05, 4.69) is 32.6 Å². The van der Waals surface area contributed by atoms with Crippen LogP contribution in [0.5, 0.6) is 0 Å². The molecule has 1 heteroatoms. The Balaban J connectivity index is 1.43. The zero-order chi connectivity index (χ0) is 19.4. The molecule has 0 spiro atoms. The van der Waals surface area contributed by atoms with E-state index in [1.54, 1.807) is 5.57 Å². The molecule has 2 saturated carbocycles. The third-order valence-corrected chi connectivity index (χ3v) is 8.29. The SMILES string of the molecule is C=C1C[C@H](C)CC1CC1CCC(CCC2C=CC(C(C)O)CC2)C(CC)C1. The van der Waals surface area contributed by atoms with Crippen LogP contribution in [0.1, 0.15) is 91.4 Å². The van der Waals surface area contributed by atoms with E-state index in [1.165, 1.54) is 70.6 Å². The first kappa shape index (κ1) is 21.2. The van der Waals surface area contributed by atoms with Crippen molar-refractivity contribution in [1.82, 2.24) is 0 Å². The van der Waals surface area contributed by atoms with Crippen LogP contribution in [0.4, 0.5) is 0 Å².